The molecule has 3 aliphatic rings. The van der Waals surface area contributed by atoms with Crippen molar-refractivity contribution in [2.24, 2.45) is 11.8 Å². The number of amides is 2. The number of nitrogens with zero attached hydrogens (tertiary/aromatic N) is 2. The number of benzene rings is 1. The monoisotopic (exact) mass is 534 g/mol. The Labute approximate surface area is 208 Å². The highest BCUT2D eigenvalue weighted by molar-refractivity contribution is 9.09. The molecule has 3 unspecified atom stereocenters. The third-order valence-electron chi connectivity index (χ3n) is 7.16. The Morgan fingerprint density at radius 2 is 2.15 bits per heavy atom. The fraction of sp³-hybridized carbons (Fsp3) is 0.560. The van der Waals surface area contributed by atoms with Crippen molar-refractivity contribution in [2.45, 2.75) is 49.8 Å². The fourth-order valence-corrected chi connectivity index (χ4v) is 6.80. The summed E-state index contributed by atoms with van der Waals surface area (Å²) in [6.45, 7) is 9.50. The quantitative estimate of drug-likeness (QED) is 0.311. The van der Waals surface area contributed by atoms with E-state index in [2.05, 4.69) is 22.5 Å². The van der Waals surface area contributed by atoms with Crippen LogP contribution in [-0.4, -0.2) is 76.7 Å². The van der Waals surface area contributed by atoms with E-state index < -0.39 is 35.6 Å². The lowest BCUT2D eigenvalue weighted by Crippen LogP contribution is -2.57. The summed E-state index contributed by atoms with van der Waals surface area (Å²) in [4.78, 5) is 43.6. The van der Waals surface area contributed by atoms with Crippen molar-refractivity contribution in [1.29, 1.82) is 0 Å². The summed E-state index contributed by atoms with van der Waals surface area (Å²) >= 11 is 3.62. The molecule has 184 valence electrons. The molecule has 0 aliphatic carbocycles. The molecule has 8 nitrogen and oxygen atoms in total. The number of fused-ring (bicyclic) bond motifs is 1. The molecule has 2 bridgehead atoms. The highest BCUT2D eigenvalue weighted by Crippen LogP contribution is 2.60. The number of aliphatic hydroxyl groups is 1. The Morgan fingerprint density at radius 1 is 1.41 bits per heavy atom. The molecule has 4 rings (SSSR count). The normalized spacial score (nSPS) is 31.5. The molecule has 0 saturated carbocycles. The molecule has 3 fully saturated rings. The molecular weight excluding hydrogens is 504 g/mol. The van der Waals surface area contributed by atoms with Gasteiger partial charge in [-0.25, -0.2) is 0 Å². The van der Waals surface area contributed by atoms with E-state index in [-0.39, 0.29) is 42.9 Å². The summed E-state index contributed by atoms with van der Waals surface area (Å²) in [6.07, 6.45) is 1.48. The Bertz CT molecular complexity index is 1020. The van der Waals surface area contributed by atoms with Crippen LogP contribution in [0.4, 0.5) is 5.69 Å². The molecule has 3 heterocycles. The van der Waals surface area contributed by atoms with Crippen molar-refractivity contribution in [3.63, 3.8) is 0 Å². The smallest absolute Gasteiger partial charge is 0.312 e. The number of aryl methyl sites for hydroxylation is 2. The van der Waals surface area contributed by atoms with Gasteiger partial charge in [-0.15, -0.1) is 6.58 Å². The van der Waals surface area contributed by atoms with Crippen molar-refractivity contribution < 1.29 is 29.0 Å². The van der Waals surface area contributed by atoms with Gasteiger partial charge in [0.2, 0.25) is 5.91 Å². The van der Waals surface area contributed by atoms with Gasteiger partial charge in [0, 0.05) is 23.6 Å². The summed E-state index contributed by atoms with van der Waals surface area (Å²) in [5, 5.41) is 9.75. The van der Waals surface area contributed by atoms with Gasteiger partial charge in [-0.05, 0) is 44.4 Å². The summed E-state index contributed by atoms with van der Waals surface area (Å²) in [6, 6.07) is 4.87. The van der Waals surface area contributed by atoms with E-state index in [9.17, 15) is 19.5 Å². The molecule has 9 heteroatoms. The average Bonchev–Trinajstić information content (AvgIpc) is 3.38. The molecule has 3 aliphatic heterocycles. The Morgan fingerprint density at radius 3 is 2.79 bits per heavy atom. The maximum atomic E-state index is 14.3. The number of ether oxygens (including phenoxy) is 2. The zero-order valence-corrected chi connectivity index (χ0v) is 21.3. The van der Waals surface area contributed by atoms with Crippen LogP contribution in [0, 0.1) is 25.7 Å². The minimum atomic E-state index is -1.18. The second-order valence-corrected chi connectivity index (χ2v) is 10.4. The molecule has 1 spiro atoms. The van der Waals surface area contributed by atoms with Crippen LogP contribution >= 0.6 is 15.9 Å². The molecule has 6 atom stereocenters. The van der Waals surface area contributed by atoms with Crippen molar-refractivity contribution >= 4 is 39.4 Å². The molecule has 34 heavy (non-hydrogen) atoms. The van der Waals surface area contributed by atoms with Gasteiger partial charge >= 0.3 is 5.97 Å². The van der Waals surface area contributed by atoms with Crippen LogP contribution in [0.25, 0.3) is 0 Å². The van der Waals surface area contributed by atoms with Gasteiger partial charge in [-0.1, -0.05) is 34.1 Å². The molecule has 1 N–H and O–H groups in total. The maximum Gasteiger partial charge on any atom is 0.312 e. The van der Waals surface area contributed by atoms with Gasteiger partial charge in [0.25, 0.3) is 5.91 Å². The van der Waals surface area contributed by atoms with Gasteiger partial charge in [-0.2, -0.15) is 0 Å². The average molecular weight is 535 g/mol. The summed E-state index contributed by atoms with van der Waals surface area (Å²) in [5.41, 5.74) is 1.45. The standard InChI is InChI=1S/C25H31BrN2O6/c1-5-9-27(17-12-14(3)7-8-15(17)4)23(31)21-25-13-16(26)20(34-25)18(24(32)33-6-2)19(25)22(30)28(21)10-11-29/h5,7-8,12,16,18-21,29H,1,6,9-11,13H2,2-4H3/t16?,18-,19+,20-,21?,25?/m1/s1. The van der Waals surface area contributed by atoms with Crippen molar-refractivity contribution in [1.82, 2.24) is 4.90 Å². The number of carbonyl (C=O) groups is 3. The first-order valence-corrected chi connectivity index (χ1v) is 12.5. The van der Waals surface area contributed by atoms with Crippen molar-refractivity contribution in [3.8, 4) is 0 Å². The number of β-amino-alcohol motifs (C(OH)–C–C–N with tert-alkyl or cyclic N) is 1. The maximum absolute atomic E-state index is 14.3. The van der Waals surface area contributed by atoms with E-state index in [0.717, 1.165) is 16.8 Å². The molecule has 2 amide bonds. The lowest BCUT2D eigenvalue weighted by Gasteiger charge is -2.37. The first-order chi connectivity index (χ1) is 16.2. The van der Waals surface area contributed by atoms with Crippen LogP contribution < -0.4 is 4.90 Å². The number of esters is 1. The molecule has 1 aromatic carbocycles. The third-order valence-corrected chi connectivity index (χ3v) is 8.00. The number of aliphatic hydroxyl groups excluding tert-OH is 1. The van der Waals surface area contributed by atoms with Crippen LogP contribution in [-0.2, 0) is 23.9 Å². The van der Waals surface area contributed by atoms with Crippen LogP contribution in [0.3, 0.4) is 0 Å². The topological polar surface area (TPSA) is 96.4 Å². The van der Waals surface area contributed by atoms with Crippen LogP contribution in [0.15, 0.2) is 30.9 Å². The van der Waals surface area contributed by atoms with Gasteiger partial charge < -0.3 is 24.4 Å². The van der Waals surface area contributed by atoms with Crippen LogP contribution in [0.5, 0.6) is 0 Å². The zero-order chi connectivity index (χ0) is 24.8. The zero-order valence-electron chi connectivity index (χ0n) is 19.7. The first kappa shape index (κ1) is 24.9. The molecule has 1 aromatic rings. The molecule has 0 radical (unpaired) electrons. The molecule has 0 aromatic heterocycles. The molecule has 3 saturated heterocycles. The lowest BCUT2D eigenvalue weighted by molar-refractivity contribution is -0.154. The Hall–Kier alpha value is -2.23. The first-order valence-electron chi connectivity index (χ1n) is 11.6. The van der Waals surface area contributed by atoms with E-state index in [1.54, 1.807) is 17.9 Å². The number of alkyl halides is 1. The SMILES string of the molecule is C=CCN(C(=O)C1N(CCO)C(=O)[C@@H]2[C@@H](C(=O)OCC)[C@@H]3OC12CC3Br)c1cc(C)ccc1C. The Kier molecular flexibility index (Phi) is 6.90. The van der Waals surface area contributed by atoms with Gasteiger partial charge in [0.15, 0.2) is 0 Å². The lowest BCUT2D eigenvalue weighted by atomic mass is 9.70. The summed E-state index contributed by atoms with van der Waals surface area (Å²) in [5.74, 6) is -2.81. The second kappa shape index (κ2) is 9.43. The summed E-state index contributed by atoms with van der Waals surface area (Å²) < 4.78 is 11.7. The van der Waals surface area contributed by atoms with E-state index >= 15 is 0 Å². The minimum absolute atomic E-state index is 0.0290. The Balaban J connectivity index is 1.81. The highest BCUT2D eigenvalue weighted by Gasteiger charge is 2.77. The second-order valence-electron chi connectivity index (χ2n) is 9.20. The number of likely N-dealkylation sites (tertiary alicyclic amines) is 1. The van der Waals surface area contributed by atoms with Gasteiger partial charge in [0.05, 0.1) is 31.2 Å². The number of hydrogen-bond donors (Lipinski definition) is 1. The van der Waals surface area contributed by atoms with Gasteiger partial charge in [-0.3, -0.25) is 14.4 Å². The highest BCUT2D eigenvalue weighted by atomic mass is 79.9. The van der Waals surface area contributed by atoms with Gasteiger partial charge in [0.1, 0.15) is 11.6 Å². The van der Waals surface area contributed by atoms with E-state index in [4.69, 9.17) is 9.47 Å². The summed E-state index contributed by atoms with van der Waals surface area (Å²) in [7, 11) is 0. The van der Waals surface area contributed by atoms with E-state index in [0.29, 0.717) is 6.42 Å². The van der Waals surface area contributed by atoms with E-state index in [1.807, 2.05) is 32.0 Å². The largest absolute Gasteiger partial charge is 0.466 e. The number of halogens is 1. The number of anilines is 1. The van der Waals surface area contributed by atoms with Crippen LogP contribution in [0.1, 0.15) is 24.5 Å². The predicted molar refractivity (Wildman–Crippen MR) is 130 cm³/mol. The van der Waals surface area contributed by atoms with Crippen molar-refractivity contribution in [3.05, 3.63) is 42.0 Å². The number of rotatable bonds is 8. The minimum Gasteiger partial charge on any atom is -0.466 e. The predicted octanol–water partition coefficient (Wildman–Crippen LogP) is 2.13. The van der Waals surface area contributed by atoms with Crippen LogP contribution in [0.2, 0.25) is 0 Å². The fourth-order valence-electron chi connectivity index (χ4n) is 5.86. The molecular formula is C25H31BrN2O6. The third kappa shape index (κ3) is 3.69. The number of carbonyl (C=O) groups excluding carboxylic acids is 3. The number of hydrogen-bond acceptors (Lipinski definition) is 6. The van der Waals surface area contributed by atoms with Crippen molar-refractivity contribution in [2.75, 3.05) is 31.2 Å². The van der Waals surface area contributed by atoms with E-state index in [1.165, 1.54) is 4.90 Å².